The number of amides is 2. The fraction of sp³-hybridized carbons (Fsp3) is 0.583. The third-order valence-corrected chi connectivity index (χ3v) is 2.69. The lowest BCUT2D eigenvalue weighted by Gasteiger charge is -2.02. The molecule has 1 rings (SSSR count). The van der Waals surface area contributed by atoms with Crippen LogP contribution in [-0.2, 0) is 12.8 Å². The number of imidazole rings is 1. The Kier molecular flexibility index (Phi) is 6.42. The third-order valence-electron chi connectivity index (χ3n) is 2.69. The summed E-state index contributed by atoms with van der Waals surface area (Å²) in [5.74, 6) is 0.0586. The number of nitrogens with zero attached hydrogens (tertiary/aromatic N) is 2. The highest BCUT2D eigenvalue weighted by Gasteiger charge is 2.04. The van der Waals surface area contributed by atoms with Crippen LogP contribution in [0.2, 0.25) is 0 Å². The van der Waals surface area contributed by atoms with Crippen LogP contribution in [0.3, 0.4) is 0 Å². The van der Waals surface area contributed by atoms with Crippen LogP contribution in [0.4, 0.5) is 4.79 Å². The summed E-state index contributed by atoms with van der Waals surface area (Å²) < 4.78 is 0. The van der Waals surface area contributed by atoms with Crippen LogP contribution in [-0.4, -0.2) is 28.5 Å². The first-order chi connectivity index (χ1) is 9.13. The highest BCUT2D eigenvalue weighted by Crippen LogP contribution is 2.09. The van der Waals surface area contributed by atoms with Gasteiger partial charge in [-0.1, -0.05) is 13.3 Å². The van der Waals surface area contributed by atoms with Crippen LogP contribution in [0.25, 0.3) is 0 Å². The first kappa shape index (κ1) is 15.0. The molecule has 0 bridgehead atoms. The molecule has 0 unspecified atom stereocenters. The van der Waals surface area contributed by atoms with E-state index in [4.69, 9.17) is 11.5 Å². The average molecular weight is 266 g/mol. The number of aryl methyl sites for hydroxylation is 2. The molecule has 0 spiro atoms. The summed E-state index contributed by atoms with van der Waals surface area (Å²) in [6.45, 7) is 2.70. The second kappa shape index (κ2) is 8.12. The third kappa shape index (κ3) is 5.89. The smallest absolute Gasteiger partial charge is 0.318 e. The number of aromatic nitrogens is 2. The van der Waals surface area contributed by atoms with E-state index in [0.717, 1.165) is 43.5 Å². The number of hydrogen-bond acceptors (Lipinski definition) is 3. The molecule has 2 amide bonds. The molecule has 1 aromatic rings. The molecule has 7 heteroatoms. The summed E-state index contributed by atoms with van der Waals surface area (Å²) >= 11 is 0. The van der Waals surface area contributed by atoms with Gasteiger partial charge in [0.15, 0.2) is 5.96 Å². The molecule has 0 aliphatic rings. The fourth-order valence-electron chi connectivity index (χ4n) is 1.75. The van der Waals surface area contributed by atoms with E-state index in [-0.39, 0.29) is 5.96 Å². The number of hydrogen-bond donors (Lipinski definition) is 4. The molecule has 1 heterocycles. The predicted octanol–water partition coefficient (Wildman–Crippen LogP) is 0.668. The topological polar surface area (TPSA) is 122 Å². The van der Waals surface area contributed by atoms with Crippen molar-refractivity contribution in [1.82, 2.24) is 15.3 Å². The number of guanidine groups is 1. The number of nitrogens with two attached hydrogens (primary N) is 2. The minimum Gasteiger partial charge on any atom is -0.370 e. The molecule has 0 aliphatic heterocycles. The maximum absolute atomic E-state index is 10.5. The van der Waals surface area contributed by atoms with Crippen molar-refractivity contribution in [3.05, 3.63) is 17.7 Å². The van der Waals surface area contributed by atoms with Gasteiger partial charge >= 0.3 is 6.03 Å². The van der Waals surface area contributed by atoms with Gasteiger partial charge in [0.25, 0.3) is 0 Å². The number of primary amides is 1. The molecular weight excluding hydrogens is 244 g/mol. The molecule has 7 nitrogen and oxygen atoms in total. The van der Waals surface area contributed by atoms with Gasteiger partial charge in [0.05, 0.1) is 12.0 Å². The zero-order valence-corrected chi connectivity index (χ0v) is 11.3. The average Bonchev–Trinajstić information content (AvgIpc) is 2.78. The summed E-state index contributed by atoms with van der Waals surface area (Å²) in [6, 6.07) is -0.698. The molecule has 0 atom stereocenters. The van der Waals surface area contributed by atoms with Crippen molar-refractivity contribution >= 4 is 12.0 Å². The lowest BCUT2D eigenvalue weighted by atomic mass is 10.1. The molecule has 0 radical (unpaired) electrons. The van der Waals surface area contributed by atoms with Crippen molar-refractivity contribution < 1.29 is 4.79 Å². The first-order valence-corrected chi connectivity index (χ1v) is 6.51. The van der Waals surface area contributed by atoms with E-state index < -0.39 is 6.03 Å². The van der Waals surface area contributed by atoms with Crippen molar-refractivity contribution in [1.29, 1.82) is 0 Å². The maximum Gasteiger partial charge on any atom is 0.318 e. The first-order valence-electron chi connectivity index (χ1n) is 6.51. The van der Waals surface area contributed by atoms with Crippen LogP contribution in [0, 0.1) is 0 Å². The molecule has 0 saturated carbocycles. The van der Waals surface area contributed by atoms with Gasteiger partial charge in [-0.15, -0.1) is 0 Å². The van der Waals surface area contributed by atoms with Gasteiger partial charge in [-0.3, -0.25) is 10.3 Å². The minimum atomic E-state index is -0.698. The number of carbonyl (C=O) groups excluding carboxylic acids is 1. The number of nitrogens with one attached hydrogen (secondary N) is 2. The quantitative estimate of drug-likeness (QED) is 0.329. The number of unbranched alkanes of at least 4 members (excludes halogenated alkanes) is 1. The van der Waals surface area contributed by atoms with E-state index in [0.29, 0.717) is 6.54 Å². The number of aliphatic imine (C=N–C) groups is 1. The summed E-state index contributed by atoms with van der Waals surface area (Å²) in [6.07, 6.45) is 6.74. The second-order valence-corrected chi connectivity index (χ2v) is 4.29. The highest BCUT2D eigenvalue weighted by molar-refractivity contribution is 5.94. The minimum absolute atomic E-state index is 0.0586. The maximum atomic E-state index is 10.5. The monoisotopic (exact) mass is 266 g/mol. The molecule has 1 aromatic heterocycles. The Morgan fingerprint density at radius 2 is 2.21 bits per heavy atom. The molecule has 0 saturated heterocycles. The number of H-pyrrole nitrogens is 1. The Hall–Kier alpha value is -2.05. The van der Waals surface area contributed by atoms with Gasteiger partial charge in [0, 0.05) is 12.2 Å². The lowest BCUT2D eigenvalue weighted by molar-refractivity contribution is 0.253. The van der Waals surface area contributed by atoms with E-state index in [2.05, 4.69) is 27.2 Å². The Balaban J connectivity index is 2.33. The van der Waals surface area contributed by atoms with Crippen molar-refractivity contribution in [2.75, 3.05) is 6.54 Å². The van der Waals surface area contributed by atoms with E-state index in [9.17, 15) is 4.79 Å². The van der Waals surface area contributed by atoms with Gasteiger partial charge < -0.3 is 16.5 Å². The zero-order valence-electron chi connectivity index (χ0n) is 11.3. The Morgan fingerprint density at radius 3 is 2.89 bits per heavy atom. The Bertz CT molecular complexity index is 426. The second-order valence-electron chi connectivity index (χ2n) is 4.29. The fourth-order valence-corrected chi connectivity index (χ4v) is 1.75. The normalized spacial score (nSPS) is 11.5. The molecular formula is C12H22N6O. The predicted molar refractivity (Wildman–Crippen MR) is 74.7 cm³/mol. The summed E-state index contributed by atoms with van der Waals surface area (Å²) in [4.78, 5) is 22.0. The molecule has 19 heavy (non-hydrogen) atoms. The SMILES string of the molecule is CCCCc1nc[nH]c1CCCN=C(N)NC(N)=O. The van der Waals surface area contributed by atoms with Crippen LogP contribution in [0.15, 0.2) is 11.3 Å². The van der Waals surface area contributed by atoms with Crippen LogP contribution < -0.4 is 16.8 Å². The largest absolute Gasteiger partial charge is 0.370 e. The molecule has 106 valence electrons. The van der Waals surface area contributed by atoms with Gasteiger partial charge in [-0.2, -0.15) is 0 Å². The van der Waals surface area contributed by atoms with E-state index in [1.165, 1.54) is 0 Å². The Labute approximate surface area is 112 Å². The molecule has 0 aromatic carbocycles. The van der Waals surface area contributed by atoms with E-state index >= 15 is 0 Å². The van der Waals surface area contributed by atoms with Crippen molar-refractivity contribution in [2.45, 2.75) is 39.0 Å². The Morgan fingerprint density at radius 1 is 1.42 bits per heavy atom. The van der Waals surface area contributed by atoms with Crippen molar-refractivity contribution in [2.24, 2.45) is 16.5 Å². The van der Waals surface area contributed by atoms with Crippen LogP contribution >= 0.6 is 0 Å². The van der Waals surface area contributed by atoms with Gasteiger partial charge in [-0.05, 0) is 25.7 Å². The van der Waals surface area contributed by atoms with Crippen molar-refractivity contribution in [3.63, 3.8) is 0 Å². The van der Waals surface area contributed by atoms with Gasteiger partial charge in [-0.25, -0.2) is 9.78 Å². The zero-order chi connectivity index (χ0) is 14.1. The summed E-state index contributed by atoms with van der Waals surface area (Å²) in [5, 5.41) is 2.22. The van der Waals surface area contributed by atoms with Crippen LogP contribution in [0.5, 0.6) is 0 Å². The molecule has 0 fully saturated rings. The lowest BCUT2D eigenvalue weighted by Crippen LogP contribution is -2.40. The standard InChI is InChI=1S/C12H22N6O/c1-2-3-5-9-10(17-8-16-9)6-4-7-15-11(13)18-12(14)19/h8H,2-7H2,1H3,(H,16,17)(H5,13,14,15,18,19). The summed E-state index contributed by atoms with van der Waals surface area (Å²) in [7, 11) is 0. The molecule has 0 aliphatic carbocycles. The molecule has 6 N–H and O–H groups in total. The van der Waals surface area contributed by atoms with Crippen molar-refractivity contribution in [3.8, 4) is 0 Å². The van der Waals surface area contributed by atoms with E-state index in [1.807, 2.05) is 0 Å². The summed E-state index contributed by atoms with van der Waals surface area (Å²) in [5.41, 5.74) is 12.7. The van der Waals surface area contributed by atoms with Crippen LogP contribution in [0.1, 0.15) is 37.6 Å². The number of aromatic amines is 1. The number of carbonyl (C=O) groups is 1. The number of rotatable bonds is 7. The van der Waals surface area contributed by atoms with E-state index in [1.54, 1.807) is 6.33 Å². The van der Waals surface area contributed by atoms with Gasteiger partial charge in [0.2, 0.25) is 0 Å². The highest BCUT2D eigenvalue weighted by atomic mass is 16.2. The number of urea groups is 1. The van der Waals surface area contributed by atoms with Gasteiger partial charge in [0.1, 0.15) is 0 Å².